The molecular formula is C31H25N3O6. The van der Waals surface area contributed by atoms with Crippen LogP contribution in [-0.2, 0) is 22.7 Å². The molecule has 1 N–H and O–H groups in total. The van der Waals surface area contributed by atoms with E-state index in [9.17, 15) is 24.8 Å². The summed E-state index contributed by atoms with van der Waals surface area (Å²) >= 11 is 0. The molecule has 9 nitrogen and oxygen atoms in total. The molecule has 1 aliphatic rings. The van der Waals surface area contributed by atoms with Crippen molar-refractivity contribution in [2.45, 2.75) is 26.1 Å². The van der Waals surface area contributed by atoms with E-state index >= 15 is 0 Å². The van der Waals surface area contributed by atoms with Gasteiger partial charge in [0.25, 0.3) is 17.4 Å². The van der Waals surface area contributed by atoms with Crippen LogP contribution in [0.1, 0.15) is 33.9 Å². The van der Waals surface area contributed by atoms with Gasteiger partial charge >= 0.3 is 0 Å². The Bertz CT molecular complexity index is 1600. The van der Waals surface area contributed by atoms with Gasteiger partial charge in [0.15, 0.2) is 0 Å². The van der Waals surface area contributed by atoms with Crippen molar-refractivity contribution >= 4 is 23.1 Å². The molecule has 0 radical (unpaired) electrons. The first-order valence-corrected chi connectivity index (χ1v) is 12.5. The Kier molecular flexibility index (Phi) is 7.37. The highest BCUT2D eigenvalue weighted by molar-refractivity contribution is 6.46. The van der Waals surface area contributed by atoms with E-state index in [1.165, 1.54) is 29.2 Å². The van der Waals surface area contributed by atoms with E-state index in [-0.39, 0.29) is 23.6 Å². The number of aromatic nitrogens is 1. The molecule has 200 valence electrons. The summed E-state index contributed by atoms with van der Waals surface area (Å²) in [6, 6.07) is 22.6. The minimum absolute atomic E-state index is 0.0806. The van der Waals surface area contributed by atoms with E-state index in [1.54, 1.807) is 48.8 Å². The molecule has 1 atom stereocenters. The molecule has 1 saturated heterocycles. The number of benzene rings is 3. The van der Waals surface area contributed by atoms with E-state index in [0.717, 1.165) is 16.7 Å². The lowest BCUT2D eigenvalue weighted by molar-refractivity contribution is -0.384. The van der Waals surface area contributed by atoms with Gasteiger partial charge in [-0.05, 0) is 77.7 Å². The molecule has 9 heteroatoms. The van der Waals surface area contributed by atoms with E-state index in [4.69, 9.17) is 4.74 Å². The third-order valence-electron chi connectivity index (χ3n) is 6.85. The van der Waals surface area contributed by atoms with Crippen LogP contribution >= 0.6 is 0 Å². The Labute approximate surface area is 230 Å². The predicted molar refractivity (Wildman–Crippen MR) is 147 cm³/mol. The fourth-order valence-electron chi connectivity index (χ4n) is 4.65. The number of carbonyl (C=O) groups is 2. The zero-order chi connectivity index (χ0) is 28.2. The third kappa shape index (κ3) is 5.30. The number of ketones is 1. The van der Waals surface area contributed by atoms with Gasteiger partial charge in [-0.15, -0.1) is 0 Å². The maximum absolute atomic E-state index is 13.3. The number of hydrogen-bond acceptors (Lipinski definition) is 7. The van der Waals surface area contributed by atoms with Gasteiger partial charge < -0.3 is 14.7 Å². The fraction of sp³-hybridized carbons (Fsp3) is 0.129. The molecule has 2 heterocycles. The first kappa shape index (κ1) is 26.3. The van der Waals surface area contributed by atoms with E-state index < -0.39 is 22.7 Å². The molecule has 4 aromatic rings. The van der Waals surface area contributed by atoms with Gasteiger partial charge in [0, 0.05) is 36.6 Å². The fourth-order valence-corrected chi connectivity index (χ4v) is 4.65. The molecule has 0 aliphatic carbocycles. The van der Waals surface area contributed by atoms with E-state index in [2.05, 4.69) is 4.98 Å². The van der Waals surface area contributed by atoms with Gasteiger partial charge in [-0.2, -0.15) is 0 Å². The third-order valence-corrected chi connectivity index (χ3v) is 6.85. The summed E-state index contributed by atoms with van der Waals surface area (Å²) in [5, 5.41) is 22.5. The summed E-state index contributed by atoms with van der Waals surface area (Å²) in [5.74, 6) is -1.39. The molecule has 1 aromatic heterocycles. The number of nitrogens with zero attached hydrogens (tertiary/aromatic N) is 3. The molecule has 0 saturated carbocycles. The summed E-state index contributed by atoms with van der Waals surface area (Å²) in [5.41, 5.74) is 3.46. The maximum atomic E-state index is 13.3. The zero-order valence-corrected chi connectivity index (χ0v) is 21.6. The average molecular weight is 536 g/mol. The Morgan fingerprint density at radius 1 is 0.975 bits per heavy atom. The standard InChI is InChI=1S/C31H25N3O6/c1-20-4-2-3-5-24(20)19-40-26-12-8-23(9-13-26)29(35)27-28(22-6-10-25(11-7-22)34(38)39)33(31(37)30(27)36)18-21-14-16-32-17-15-21/h2-17,28,35H,18-19H2,1H3/b29-27+. The molecule has 0 spiro atoms. The van der Waals surface area contributed by atoms with Gasteiger partial charge in [-0.25, -0.2) is 0 Å². The highest BCUT2D eigenvalue weighted by Crippen LogP contribution is 2.40. The second-order valence-electron chi connectivity index (χ2n) is 9.37. The number of Topliss-reactive ketones (excluding diaryl/α,β-unsaturated/α-hetero) is 1. The quantitative estimate of drug-likeness (QED) is 0.104. The van der Waals surface area contributed by atoms with Crippen molar-refractivity contribution in [2.24, 2.45) is 0 Å². The summed E-state index contributed by atoms with van der Waals surface area (Å²) in [4.78, 5) is 42.5. The lowest BCUT2D eigenvalue weighted by atomic mass is 9.95. The van der Waals surface area contributed by atoms with Crippen molar-refractivity contribution in [1.29, 1.82) is 0 Å². The monoisotopic (exact) mass is 535 g/mol. The number of aryl methyl sites for hydroxylation is 1. The van der Waals surface area contributed by atoms with Crippen LogP contribution in [0.25, 0.3) is 5.76 Å². The van der Waals surface area contributed by atoms with E-state index in [0.29, 0.717) is 23.5 Å². The normalized spacial score (nSPS) is 16.2. The van der Waals surface area contributed by atoms with Crippen molar-refractivity contribution in [1.82, 2.24) is 9.88 Å². The minimum Gasteiger partial charge on any atom is -0.507 e. The van der Waals surface area contributed by atoms with Crippen molar-refractivity contribution in [3.05, 3.63) is 141 Å². The van der Waals surface area contributed by atoms with Crippen molar-refractivity contribution in [3.8, 4) is 5.75 Å². The molecule has 1 aliphatic heterocycles. The number of amides is 1. The number of carbonyl (C=O) groups excluding carboxylic acids is 2. The number of nitro groups is 1. The number of pyridine rings is 1. The van der Waals surface area contributed by atoms with Crippen molar-refractivity contribution < 1.29 is 24.4 Å². The molecule has 40 heavy (non-hydrogen) atoms. The number of aliphatic hydroxyl groups excluding tert-OH is 1. The number of ether oxygens (including phenoxy) is 1. The number of likely N-dealkylation sites (tertiary alicyclic amines) is 1. The maximum Gasteiger partial charge on any atom is 0.295 e. The number of hydrogen-bond donors (Lipinski definition) is 1. The highest BCUT2D eigenvalue weighted by atomic mass is 16.6. The number of non-ortho nitro benzene ring substituents is 1. The highest BCUT2D eigenvalue weighted by Gasteiger charge is 2.46. The van der Waals surface area contributed by atoms with Gasteiger partial charge in [0.2, 0.25) is 0 Å². The second kappa shape index (κ2) is 11.2. The van der Waals surface area contributed by atoms with Crippen LogP contribution in [0.3, 0.4) is 0 Å². The summed E-state index contributed by atoms with van der Waals surface area (Å²) in [6.45, 7) is 2.46. The lowest BCUT2D eigenvalue weighted by Gasteiger charge is -2.25. The Morgan fingerprint density at radius 3 is 2.30 bits per heavy atom. The molecule has 1 unspecified atom stereocenters. The van der Waals surface area contributed by atoms with E-state index in [1.807, 2.05) is 31.2 Å². The Hall–Kier alpha value is -5.31. The van der Waals surface area contributed by atoms with Crippen LogP contribution < -0.4 is 4.74 Å². The number of nitro benzene ring substituents is 1. The first-order chi connectivity index (χ1) is 19.3. The van der Waals surface area contributed by atoms with Crippen molar-refractivity contribution in [3.63, 3.8) is 0 Å². The second-order valence-corrected chi connectivity index (χ2v) is 9.37. The predicted octanol–water partition coefficient (Wildman–Crippen LogP) is 5.50. The SMILES string of the molecule is Cc1ccccc1COc1ccc(/C(O)=C2\C(=O)C(=O)N(Cc3ccncc3)C2c2ccc([N+](=O)[O-])cc2)cc1. The van der Waals surface area contributed by atoms with Crippen molar-refractivity contribution in [2.75, 3.05) is 0 Å². The molecular weight excluding hydrogens is 510 g/mol. The number of aliphatic hydroxyl groups is 1. The molecule has 0 bridgehead atoms. The molecule has 5 rings (SSSR count). The summed E-state index contributed by atoms with van der Waals surface area (Å²) in [6.07, 6.45) is 3.16. The van der Waals surface area contributed by atoms with Gasteiger partial charge in [-0.1, -0.05) is 24.3 Å². The largest absolute Gasteiger partial charge is 0.507 e. The first-order valence-electron chi connectivity index (χ1n) is 12.5. The minimum atomic E-state index is -0.953. The molecule has 1 amide bonds. The summed E-state index contributed by atoms with van der Waals surface area (Å²) in [7, 11) is 0. The lowest BCUT2D eigenvalue weighted by Crippen LogP contribution is -2.29. The van der Waals surface area contributed by atoms with Gasteiger partial charge in [0.05, 0.1) is 16.5 Å². The molecule has 1 fully saturated rings. The topological polar surface area (TPSA) is 123 Å². The van der Waals surface area contributed by atoms with Crippen LogP contribution in [0, 0.1) is 17.0 Å². The van der Waals surface area contributed by atoms with Gasteiger partial charge in [-0.3, -0.25) is 24.7 Å². The average Bonchev–Trinajstić information content (AvgIpc) is 3.22. The molecule has 3 aromatic carbocycles. The number of rotatable bonds is 8. The Balaban J connectivity index is 1.49. The smallest absolute Gasteiger partial charge is 0.295 e. The van der Waals surface area contributed by atoms with Crippen LogP contribution in [0.2, 0.25) is 0 Å². The van der Waals surface area contributed by atoms with Gasteiger partial charge in [0.1, 0.15) is 18.1 Å². The zero-order valence-electron chi connectivity index (χ0n) is 21.6. The van der Waals surface area contributed by atoms with Crippen LogP contribution in [-0.4, -0.2) is 31.6 Å². The Morgan fingerprint density at radius 2 is 1.65 bits per heavy atom. The van der Waals surface area contributed by atoms with Crippen LogP contribution in [0.5, 0.6) is 5.75 Å². The van der Waals surface area contributed by atoms with Crippen LogP contribution in [0.4, 0.5) is 5.69 Å². The summed E-state index contributed by atoms with van der Waals surface area (Å²) < 4.78 is 5.89. The van der Waals surface area contributed by atoms with Crippen LogP contribution in [0.15, 0.2) is 103 Å².